The van der Waals surface area contributed by atoms with Crippen molar-refractivity contribution < 1.29 is 4.79 Å². The summed E-state index contributed by atoms with van der Waals surface area (Å²) in [7, 11) is 0. The Morgan fingerprint density at radius 1 is 1.06 bits per heavy atom. The molecule has 1 aromatic heterocycles. The predicted octanol–water partition coefficient (Wildman–Crippen LogP) is 3.43. The Balaban J connectivity index is 1.28. The van der Waals surface area contributed by atoms with Crippen molar-refractivity contribution in [2.75, 3.05) is 24.5 Å². The smallest absolute Gasteiger partial charge is 0.269 e. The summed E-state index contributed by atoms with van der Waals surface area (Å²) in [6.45, 7) is 4.73. The van der Waals surface area contributed by atoms with Crippen molar-refractivity contribution in [1.29, 1.82) is 0 Å². The van der Waals surface area contributed by atoms with Gasteiger partial charge in [-0.25, -0.2) is 4.68 Å². The summed E-state index contributed by atoms with van der Waals surface area (Å²) < 4.78 is 1.48. The average Bonchev–Trinajstić information content (AvgIpc) is 2.85. The maximum atomic E-state index is 12.7. The van der Waals surface area contributed by atoms with Crippen LogP contribution in [0.1, 0.15) is 36.8 Å². The summed E-state index contributed by atoms with van der Waals surface area (Å²) in [6.07, 6.45) is 3.31. The number of benzene rings is 2. The number of carbonyl (C=O) groups is 1. The summed E-state index contributed by atoms with van der Waals surface area (Å²) >= 11 is 0. The zero-order chi connectivity index (χ0) is 22.3. The van der Waals surface area contributed by atoms with Gasteiger partial charge in [0.05, 0.1) is 18.4 Å². The Kier molecular flexibility index (Phi) is 7.00. The molecule has 1 amide bonds. The van der Waals surface area contributed by atoms with Crippen molar-refractivity contribution in [3.63, 3.8) is 0 Å². The fourth-order valence-electron chi connectivity index (χ4n) is 4.17. The molecule has 3 aromatic rings. The largest absolute Gasteiger partial charge is 0.370 e. The van der Waals surface area contributed by atoms with Crippen molar-refractivity contribution in [1.82, 2.24) is 15.1 Å². The highest BCUT2D eigenvalue weighted by molar-refractivity contribution is 5.79. The lowest BCUT2D eigenvalue weighted by molar-refractivity contribution is -0.125. The number of anilines is 1. The third kappa shape index (κ3) is 5.44. The molecular formula is C26H30N4O2. The second kappa shape index (κ2) is 10.3. The first-order valence-corrected chi connectivity index (χ1v) is 11.3. The van der Waals surface area contributed by atoms with E-state index in [4.69, 9.17) is 0 Å². The number of nitrogens with zero attached hydrogens (tertiary/aromatic N) is 3. The number of hydrogen-bond donors (Lipinski definition) is 1. The van der Waals surface area contributed by atoms with Crippen molar-refractivity contribution in [3.8, 4) is 0 Å². The van der Waals surface area contributed by atoms with Crippen molar-refractivity contribution in [2.24, 2.45) is 5.92 Å². The van der Waals surface area contributed by atoms with Crippen LogP contribution in [0.2, 0.25) is 0 Å². The molecular weight excluding hydrogens is 400 g/mol. The maximum absolute atomic E-state index is 12.7. The van der Waals surface area contributed by atoms with E-state index in [1.54, 1.807) is 12.3 Å². The van der Waals surface area contributed by atoms with Gasteiger partial charge in [0, 0.05) is 31.6 Å². The van der Waals surface area contributed by atoms with E-state index in [9.17, 15) is 9.59 Å². The third-order valence-electron chi connectivity index (χ3n) is 6.21. The molecule has 0 unspecified atom stereocenters. The van der Waals surface area contributed by atoms with Gasteiger partial charge in [-0.2, -0.15) is 5.10 Å². The molecule has 6 heteroatoms. The van der Waals surface area contributed by atoms with E-state index in [-0.39, 0.29) is 23.3 Å². The molecule has 0 aliphatic carbocycles. The number of carbonyl (C=O) groups excluding carboxylic acids is 1. The van der Waals surface area contributed by atoms with Gasteiger partial charge < -0.3 is 10.2 Å². The van der Waals surface area contributed by atoms with Gasteiger partial charge in [0.25, 0.3) is 5.56 Å². The number of piperidine rings is 1. The van der Waals surface area contributed by atoms with E-state index in [1.165, 1.54) is 10.2 Å². The van der Waals surface area contributed by atoms with Crippen molar-refractivity contribution >= 4 is 11.6 Å². The van der Waals surface area contributed by atoms with Crippen molar-refractivity contribution in [2.45, 2.75) is 32.2 Å². The molecule has 2 heterocycles. The maximum Gasteiger partial charge on any atom is 0.269 e. The monoisotopic (exact) mass is 430 g/mol. The highest BCUT2D eigenvalue weighted by Crippen LogP contribution is 2.22. The Bertz CT molecular complexity index is 1070. The van der Waals surface area contributed by atoms with Crippen molar-refractivity contribution in [3.05, 3.63) is 94.4 Å². The van der Waals surface area contributed by atoms with Gasteiger partial charge in [-0.3, -0.25) is 9.59 Å². The number of amides is 1. The van der Waals surface area contributed by atoms with E-state index in [1.807, 2.05) is 48.5 Å². The predicted molar refractivity (Wildman–Crippen MR) is 127 cm³/mol. The van der Waals surface area contributed by atoms with Crippen LogP contribution in [0.3, 0.4) is 0 Å². The van der Waals surface area contributed by atoms with Crippen LogP contribution in [0, 0.1) is 5.92 Å². The fourth-order valence-corrected chi connectivity index (χ4v) is 4.17. The molecule has 0 radical (unpaired) electrons. The number of hydrogen-bond acceptors (Lipinski definition) is 4. The molecule has 1 fully saturated rings. The SMILES string of the molecule is C[C@@H](CNC(=O)C1CCN(c2cnn(Cc3ccccc3)c(=O)c2)CC1)c1ccccc1. The van der Waals surface area contributed by atoms with Gasteiger partial charge in [-0.1, -0.05) is 67.6 Å². The van der Waals surface area contributed by atoms with Gasteiger partial charge in [0.1, 0.15) is 0 Å². The van der Waals surface area contributed by atoms with Crippen LogP contribution in [-0.2, 0) is 11.3 Å². The van der Waals surface area contributed by atoms with Crippen LogP contribution in [0.15, 0.2) is 77.7 Å². The van der Waals surface area contributed by atoms with Gasteiger partial charge in [0.15, 0.2) is 0 Å². The van der Waals surface area contributed by atoms with Crippen LogP contribution in [0.4, 0.5) is 5.69 Å². The summed E-state index contributed by atoms with van der Waals surface area (Å²) in [5, 5.41) is 7.49. The van der Waals surface area contributed by atoms with Gasteiger partial charge in [-0.05, 0) is 29.9 Å². The zero-order valence-corrected chi connectivity index (χ0v) is 18.5. The van der Waals surface area contributed by atoms with Gasteiger partial charge in [0.2, 0.25) is 5.91 Å². The molecule has 0 spiro atoms. The van der Waals surface area contributed by atoms with Crippen LogP contribution >= 0.6 is 0 Å². The van der Waals surface area contributed by atoms with E-state index >= 15 is 0 Å². The minimum Gasteiger partial charge on any atom is -0.370 e. The molecule has 4 rings (SSSR count). The molecule has 1 aliphatic rings. The molecule has 0 saturated carbocycles. The van der Waals surface area contributed by atoms with Crippen LogP contribution in [-0.4, -0.2) is 35.3 Å². The highest BCUT2D eigenvalue weighted by atomic mass is 16.2. The standard InChI is InChI=1S/C26H30N4O2/c1-20(22-10-6-3-7-11-22)17-27-26(32)23-12-14-29(15-13-23)24-16-25(31)30(28-18-24)19-21-8-4-2-5-9-21/h2-11,16,18,20,23H,12-15,17,19H2,1H3,(H,27,32)/t20-/m0/s1. The lowest BCUT2D eigenvalue weighted by Gasteiger charge is -2.32. The Morgan fingerprint density at radius 2 is 1.72 bits per heavy atom. The third-order valence-corrected chi connectivity index (χ3v) is 6.21. The lowest BCUT2D eigenvalue weighted by Crippen LogP contribution is -2.41. The number of aromatic nitrogens is 2. The van der Waals surface area contributed by atoms with Crippen LogP contribution in [0.25, 0.3) is 0 Å². The Labute approximate surface area is 188 Å². The topological polar surface area (TPSA) is 67.2 Å². The van der Waals surface area contributed by atoms with Crippen LogP contribution < -0.4 is 15.8 Å². The molecule has 166 valence electrons. The normalized spacial score (nSPS) is 15.3. The first-order valence-electron chi connectivity index (χ1n) is 11.3. The fraction of sp³-hybridized carbons (Fsp3) is 0.346. The van der Waals surface area contributed by atoms with E-state index in [2.05, 4.69) is 34.4 Å². The quantitative estimate of drug-likeness (QED) is 0.624. The van der Waals surface area contributed by atoms with E-state index in [0.717, 1.165) is 37.2 Å². The van der Waals surface area contributed by atoms with E-state index in [0.29, 0.717) is 13.1 Å². The Morgan fingerprint density at radius 3 is 2.38 bits per heavy atom. The van der Waals surface area contributed by atoms with E-state index < -0.39 is 0 Å². The molecule has 6 nitrogen and oxygen atoms in total. The second-order valence-corrected chi connectivity index (χ2v) is 8.51. The second-order valence-electron chi connectivity index (χ2n) is 8.51. The average molecular weight is 431 g/mol. The summed E-state index contributed by atoms with van der Waals surface area (Å²) in [5.41, 5.74) is 3.00. The minimum absolute atomic E-state index is 0.0145. The molecule has 1 N–H and O–H groups in total. The highest BCUT2D eigenvalue weighted by Gasteiger charge is 2.25. The first kappa shape index (κ1) is 21.8. The number of nitrogens with one attached hydrogen (secondary N) is 1. The first-order chi connectivity index (χ1) is 15.6. The zero-order valence-electron chi connectivity index (χ0n) is 18.5. The number of rotatable bonds is 7. The molecule has 2 aromatic carbocycles. The summed E-state index contributed by atoms with van der Waals surface area (Å²) in [6, 6.07) is 21.7. The Hall–Kier alpha value is -3.41. The van der Waals surface area contributed by atoms with Gasteiger partial charge in [-0.15, -0.1) is 0 Å². The summed E-state index contributed by atoms with van der Waals surface area (Å²) in [5.74, 6) is 0.429. The lowest BCUT2D eigenvalue weighted by atomic mass is 9.95. The molecule has 32 heavy (non-hydrogen) atoms. The van der Waals surface area contributed by atoms with Gasteiger partial charge >= 0.3 is 0 Å². The molecule has 1 saturated heterocycles. The van der Waals surface area contributed by atoms with Crippen LogP contribution in [0.5, 0.6) is 0 Å². The minimum atomic E-state index is -0.110. The molecule has 1 atom stereocenters. The molecule has 1 aliphatic heterocycles. The summed E-state index contributed by atoms with van der Waals surface area (Å²) in [4.78, 5) is 27.3. The molecule has 0 bridgehead atoms.